The normalized spacial score (nSPS) is 11.0. The van der Waals surface area contributed by atoms with Crippen molar-refractivity contribution in [1.82, 2.24) is 0 Å². The summed E-state index contributed by atoms with van der Waals surface area (Å²) in [6.07, 6.45) is 0. The lowest BCUT2D eigenvalue weighted by atomic mass is 9.90. The summed E-state index contributed by atoms with van der Waals surface area (Å²) in [5.41, 5.74) is 9.73. The highest BCUT2D eigenvalue weighted by molar-refractivity contribution is 6.14. The lowest BCUT2D eigenvalue weighted by molar-refractivity contribution is 0.461. The SMILES string of the molecule is Oc1ccc(O)c(-c2c(F)cc(-c3ccccc3)cc2-c2ccccc2)c1.Oc1ccc2oc3cc(-c4ccccc4)cc(-c4ccccc4)c3c2c1. The van der Waals surface area contributed by atoms with Crippen LogP contribution in [-0.2, 0) is 0 Å². The van der Waals surface area contributed by atoms with Crippen molar-refractivity contribution in [1.29, 1.82) is 0 Å². The highest BCUT2D eigenvalue weighted by Crippen LogP contribution is 2.43. The van der Waals surface area contributed by atoms with E-state index in [0.717, 1.165) is 60.9 Å². The van der Waals surface area contributed by atoms with Gasteiger partial charge in [-0.3, -0.25) is 0 Å². The number of hydrogen-bond donors (Lipinski definition) is 3. The average molecular weight is 693 g/mol. The number of rotatable bonds is 5. The fourth-order valence-electron chi connectivity index (χ4n) is 6.78. The molecule has 9 aromatic rings. The summed E-state index contributed by atoms with van der Waals surface area (Å²) in [6.45, 7) is 0. The molecule has 0 aliphatic heterocycles. The second kappa shape index (κ2) is 14.3. The molecule has 8 aromatic carbocycles. The van der Waals surface area contributed by atoms with Gasteiger partial charge >= 0.3 is 0 Å². The number of fused-ring (bicyclic) bond motifs is 3. The van der Waals surface area contributed by atoms with Crippen molar-refractivity contribution in [3.05, 3.63) is 188 Å². The van der Waals surface area contributed by atoms with Crippen LogP contribution in [0.1, 0.15) is 0 Å². The van der Waals surface area contributed by atoms with Gasteiger partial charge in [-0.25, -0.2) is 4.39 Å². The van der Waals surface area contributed by atoms with Crippen molar-refractivity contribution < 1.29 is 24.1 Å². The van der Waals surface area contributed by atoms with E-state index in [1.165, 1.54) is 24.3 Å². The lowest BCUT2D eigenvalue weighted by Gasteiger charge is -2.15. The first-order valence-corrected chi connectivity index (χ1v) is 17.2. The number of aromatic hydroxyl groups is 3. The smallest absolute Gasteiger partial charge is 0.136 e. The second-order valence-corrected chi connectivity index (χ2v) is 12.7. The van der Waals surface area contributed by atoms with E-state index >= 15 is 4.39 Å². The predicted molar refractivity (Wildman–Crippen MR) is 212 cm³/mol. The van der Waals surface area contributed by atoms with Crippen LogP contribution in [0.25, 0.3) is 77.6 Å². The molecule has 0 saturated heterocycles. The van der Waals surface area contributed by atoms with Crippen LogP contribution < -0.4 is 0 Å². The summed E-state index contributed by atoms with van der Waals surface area (Å²) in [6, 6.07) is 56.6. The molecule has 1 aromatic heterocycles. The van der Waals surface area contributed by atoms with Gasteiger partial charge in [-0.05, 0) is 105 Å². The molecule has 3 N–H and O–H groups in total. The minimum absolute atomic E-state index is 0.0339. The standard InChI is InChI=1S/C24H17FO2.C24H16O2/c25-22-14-18(16-7-3-1-4-8-16)13-20(17-9-5-2-6-10-17)24(22)21-15-19(26)11-12-23(21)27;25-19-11-12-22-21(15-19)24-20(17-9-5-2-6-10-17)13-18(14-23(24)26-22)16-7-3-1-4-8-16/h1-15,26-27H;1-15,25H. The Kier molecular flexibility index (Phi) is 8.89. The van der Waals surface area contributed by atoms with Crippen LogP contribution in [0, 0.1) is 5.82 Å². The summed E-state index contributed by atoms with van der Waals surface area (Å²) >= 11 is 0. The van der Waals surface area contributed by atoms with E-state index in [-0.39, 0.29) is 28.4 Å². The van der Waals surface area contributed by atoms with Gasteiger partial charge in [-0.1, -0.05) is 121 Å². The van der Waals surface area contributed by atoms with Gasteiger partial charge in [0.05, 0.1) is 0 Å². The zero-order valence-corrected chi connectivity index (χ0v) is 28.4. The van der Waals surface area contributed by atoms with Crippen molar-refractivity contribution in [2.45, 2.75) is 0 Å². The molecule has 0 amide bonds. The van der Waals surface area contributed by atoms with Gasteiger partial charge in [-0.2, -0.15) is 0 Å². The third-order valence-electron chi connectivity index (χ3n) is 9.28. The molecule has 0 unspecified atom stereocenters. The van der Waals surface area contributed by atoms with Gasteiger partial charge in [-0.15, -0.1) is 0 Å². The number of hydrogen-bond acceptors (Lipinski definition) is 4. The molecule has 5 heteroatoms. The van der Waals surface area contributed by atoms with Crippen LogP contribution in [0.3, 0.4) is 0 Å². The molecule has 256 valence electrons. The van der Waals surface area contributed by atoms with E-state index in [0.29, 0.717) is 5.56 Å². The van der Waals surface area contributed by atoms with Gasteiger partial charge in [0.2, 0.25) is 0 Å². The summed E-state index contributed by atoms with van der Waals surface area (Å²) in [7, 11) is 0. The molecule has 0 spiro atoms. The summed E-state index contributed by atoms with van der Waals surface area (Å²) in [5, 5.41) is 32.1. The summed E-state index contributed by atoms with van der Waals surface area (Å²) < 4.78 is 21.4. The fraction of sp³-hybridized carbons (Fsp3) is 0. The maximum atomic E-state index is 15.3. The van der Waals surface area contributed by atoms with Crippen molar-refractivity contribution in [3.8, 4) is 72.9 Å². The Labute approximate surface area is 305 Å². The quantitative estimate of drug-likeness (QED) is 0.157. The van der Waals surface area contributed by atoms with Crippen LogP contribution in [0.4, 0.5) is 4.39 Å². The minimum Gasteiger partial charge on any atom is -0.508 e. The highest BCUT2D eigenvalue weighted by atomic mass is 19.1. The topological polar surface area (TPSA) is 73.8 Å². The summed E-state index contributed by atoms with van der Waals surface area (Å²) in [5.74, 6) is -0.341. The van der Waals surface area contributed by atoms with E-state index < -0.39 is 5.82 Å². The molecule has 0 radical (unpaired) electrons. The third kappa shape index (κ3) is 6.72. The molecule has 0 saturated carbocycles. The van der Waals surface area contributed by atoms with Gasteiger partial charge < -0.3 is 19.7 Å². The Morgan fingerprint density at radius 3 is 1.47 bits per heavy atom. The maximum Gasteiger partial charge on any atom is 0.136 e. The number of halogens is 1. The summed E-state index contributed by atoms with van der Waals surface area (Å²) in [4.78, 5) is 0. The Hall–Kier alpha value is -7.11. The zero-order valence-electron chi connectivity index (χ0n) is 28.4. The van der Waals surface area contributed by atoms with Crippen LogP contribution >= 0.6 is 0 Å². The maximum absolute atomic E-state index is 15.3. The van der Waals surface area contributed by atoms with E-state index in [4.69, 9.17) is 4.42 Å². The lowest BCUT2D eigenvalue weighted by Crippen LogP contribution is -1.93. The molecule has 4 nitrogen and oxygen atoms in total. The Morgan fingerprint density at radius 2 is 0.868 bits per heavy atom. The molecular weight excluding hydrogens is 660 g/mol. The molecule has 53 heavy (non-hydrogen) atoms. The largest absolute Gasteiger partial charge is 0.508 e. The van der Waals surface area contributed by atoms with Gasteiger partial charge in [0.25, 0.3) is 0 Å². The van der Waals surface area contributed by atoms with Crippen LogP contribution in [0.2, 0.25) is 0 Å². The van der Waals surface area contributed by atoms with E-state index in [2.05, 4.69) is 36.4 Å². The fourth-order valence-corrected chi connectivity index (χ4v) is 6.78. The Morgan fingerprint density at radius 1 is 0.377 bits per heavy atom. The third-order valence-corrected chi connectivity index (χ3v) is 9.28. The van der Waals surface area contributed by atoms with Crippen LogP contribution in [-0.4, -0.2) is 15.3 Å². The molecule has 0 bridgehead atoms. The Balaban J connectivity index is 0.000000151. The molecular formula is C48H33FO4. The van der Waals surface area contributed by atoms with Crippen LogP contribution in [0.15, 0.2) is 186 Å². The molecule has 0 aliphatic rings. The van der Waals surface area contributed by atoms with Gasteiger partial charge in [0, 0.05) is 21.9 Å². The van der Waals surface area contributed by atoms with E-state index in [1.54, 1.807) is 12.1 Å². The van der Waals surface area contributed by atoms with Crippen molar-refractivity contribution in [2.75, 3.05) is 0 Å². The first kappa shape index (κ1) is 33.1. The predicted octanol–water partition coefficient (Wildman–Crippen LogP) is 12.9. The number of benzene rings is 8. The minimum atomic E-state index is -0.462. The number of phenols is 3. The average Bonchev–Trinajstić information content (AvgIpc) is 3.57. The van der Waals surface area contributed by atoms with Gasteiger partial charge in [0.15, 0.2) is 0 Å². The number of phenolic OH excluding ortho intramolecular Hbond substituents is 3. The Bertz CT molecular complexity index is 2690. The molecule has 0 aliphatic carbocycles. The van der Waals surface area contributed by atoms with E-state index in [1.807, 2.05) is 109 Å². The zero-order chi connectivity index (χ0) is 36.3. The first-order valence-electron chi connectivity index (χ1n) is 17.2. The van der Waals surface area contributed by atoms with Gasteiger partial charge in [0.1, 0.15) is 34.2 Å². The molecule has 1 heterocycles. The van der Waals surface area contributed by atoms with Crippen molar-refractivity contribution >= 4 is 21.9 Å². The van der Waals surface area contributed by atoms with Crippen LogP contribution in [0.5, 0.6) is 17.2 Å². The molecule has 0 atom stereocenters. The first-order chi connectivity index (χ1) is 25.9. The molecule has 9 rings (SSSR count). The second-order valence-electron chi connectivity index (χ2n) is 12.7. The van der Waals surface area contributed by atoms with E-state index in [9.17, 15) is 15.3 Å². The van der Waals surface area contributed by atoms with Crippen molar-refractivity contribution in [3.63, 3.8) is 0 Å². The number of furan rings is 1. The monoisotopic (exact) mass is 692 g/mol. The van der Waals surface area contributed by atoms with Crippen molar-refractivity contribution in [2.24, 2.45) is 0 Å². The molecule has 0 fully saturated rings. The highest BCUT2D eigenvalue weighted by Gasteiger charge is 2.19.